The minimum absolute atomic E-state index is 0.0987. The number of likely N-dealkylation sites (N-methyl/N-ethyl adjacent to an activating group) is 1. The molecular formula is C25H25ClN2O2S. The first kappa shape index (κ1) is 22.9. The highest BCUT2D eigenvalue weighted by molar-refractivity contribution is 8.00. The van der Waals surface area contributed by atoms with Gasteiger partial charge < -0.3 is 10.2 Å². The van der Waals surface area contributed by atoms with Gasteiger partial charge in [-0.3, -0.25) is 9.59 Å². The third kappa shape index (κ3) is 6.88. The highest BCUT2D eigenvalue weighted by atomic mass is 35.5. The third-order valence-corrected chi connectivity index (χ3v) is 6.10. The van der Waals surface area contributed by atoms with Crippen LogP contribution in [0.15, 0.2) is 89.8 Å². The molecule has 0 aliphatic heterocycles. The molecule has 0 heterocycles. The molecule has 0 saturated carbocycles. The van der Waals surface area contributed by atoms with Crippen LogP contribution in [-0.2, 0) is 22.6 Å². The molecule has 1 atom stereocenters. The average Bonchev–Trinajstić information content (AvgIpc) is 2.80. The van der Waals surface area contributed by atoms with E-state index in [0.29, 0.717) is 18.0 Å². The lowest BCUT2D eigenvalue weighted by molar-refractivity contribution is -0.139. The molecule has 3 rings (SSSR count). The summed E-state index contributed by atoms with van der Waals surface area (Å²) in [4.78, 5) is 28.9. The van der Waals surface area contributed by atoms with E-state index < -0.39 is 6.04 Å². The largest absolute Gasteiger partial charge is 0.357 e. The van der Waals surface area contributed by atoms with Crippen LogP contribution >= 0.6 is 23.4 Å². The Hall–Kier alpha value is -2.76. The fraction of sp³-hybridized carbons (Fsp3) is 0.200. The van der Waals surface area contributed by atoms with Crippen molar-refractivity contribution in [1.29, 1.82) is 0 Å². The van der Waals surface area contributed by atoms with E-state index in [2.05, 4.69) is 5.32 Å². The smallest absolute Gasteiger partial charge is 0.242 e. The van der Waals surface area contributed by atoms with Crippen molar-refractivity contribution in [3.8, 4) is 0 Å². The van der Waals surface area contributed by atoms with Crippen LogP contribution < -0.4 is 5.32 Å². The van der Waals surface area contributed by atoms with E-state index in [1.54, 1.807) is 18.0 Å². The summed E-state index contributed by atoms with van der Waals surface area (Å²) in [5, 5.41) is 3.33. The molecule has 4 nitrogen and oxygen atoms in total. The maximum absolute atomic E-state index is 13.3. The van der Waals surface area contributed by atoms with E-state index in [0.717, 1.165) is 16.0 Å². The lowest BCUT2D eigenvalue weighted by atomic mass is 10.0. The van der Waals surface area contributed by atoms with Crippen molar-refractivity contribution in [1.82, 2.24) is 10.2 Å². The molecule has 0 spiro atoms. The molecule has 3 aromatic rings. The fourth-order valence-electron chi connectivity index (χ4n) is 3.30. The second-order valence-electron chi connectivity index (χ2n) is 7.07. The van der Waals surface area contributed by atoms with Crippen LogP contribution in [-0.4, -0.2) is 35.6 Å². The second kappa shape index (κ2) is 11.6. The molecular weight excluding hydrogens is 428 g/mol. The molecule has 0 unspecified atom stereocenters. The van der Waals surface area contributed by atoms with E-state index in [4.69, 9.17) is 11.6 Å². The molecule has 160 valence electrons. The number of carbonyl (C=O) groups excluding carboxylic acids is 2. The maximum atomic E-state index is 13.3. The van der Waals surface area contributed by atoms with Gasteiger partial charge in [-0.05, 0) is 35.4 Å². The Morgan fingerprint density at radius 2 is 1.58 bits per heavy atom. The number of hydrogen-bond acceptors (Lipinski definition) is 3. The van der Waals surface area contributed by atoms with Gasteiger partial charge in [0.1, 0.15) is 6.04 Å². The third-order valence-electron chi connectivity index (χ3n) is 4.86. The SMILES string of the molecule is CNC(=O)[C@@H](Cc1ccccc1)N(Cc1cccc(Cl)c1)C(=O)CSc1ccccc1. The molecule has 0 aliphatic carbocycles. The van der Waals surface area contributed by atoms with Gasteiger partial charge in [0.05, 0.1) is 5.75 Å². The first-order chi connectivity index (χ1) is 15.1. The van der Waals surface area contributed by atoms with Crippen LogP contribution in [0.25, 0.3) is 0 Å². The summed E-state index contributed by atoms with van der Waals surface area (Å²) in [6, 6.07) is 26.3. The number of carbonyl (C=O) groups is 2. The molecule has 1 N–H and O–H groups in total. The number of thioether (sulfide) groups is 1. The normalized spacial score (nSPS) is 11.5. The summed E-state index contributed by atoms with van der Waals surface area (Å²) in [5.41, 5.74) is 1.88. The zero-order chi connectivity index (χ0) is 22.1. The molecule has 0 radical (unpaired) electrons. The van der Waals surface area contributed by atoms with Gasteiger partial charge in [-0.15, -0.1) is 11.8 Å². The van der Waals surface area contributed by atoms with Crippen LogP contribution in [0.3, 0.4) is 0 Å². The summed E-state index contributed by atoms with van der Waals surface area (Å²) in [6.07, 6.45) is 0.433. The Morgan fingerprint density at radius 1 is 0.935 bits per heavy atom. The first-order valence-electron chi connectivity index (χ1n) is 10.0. The van der Waals surface area contributed by atoms with Crippen molar-refractivity contribution < 1.29 is 9.59 Å². The predicted octanol–water partition coefficient (Wildman–Crippen LogP) is 4.82. The number of benzene rings is 3. The van der Waals surface area contributed by atoms with Gasteiger partial charge in [-0.1, -0.05) is 72.3 Å². The number of halogens is 1. The maximum Gasteiger partial charge on any atom is 0.242 e. The molecule has 0 aromatic heterocycles. The Labute approximate surface area is 192 Å². The molecule has 31 heavy (non-hydrogen) atoms. The monoisotopic (exact) mass is 452 g/mol. The van der Waals surface area contributed by atoms with Crippen molar-refractivity contribution >= 4 is 35.2 Å². The summed E-state index contributed by atoms with van der Waals surface area (Å²) in [5.74, 6) is -0.0466. The Balaban J connectivity index is 1.87. The van der Waals surface area contributed by atoms with Crippen molar-refractivity contribution in [2.24, 2.45) is 0 Å². The van der Waals surface area contributed by atoms with Gasteiger partial charge in [0.2, 0.25) is 11.8 Å². The van der Waals surface area contributed by atoms with Gasteiger partial charge in [0.25, 0.3) is 0 Å². The van der Waals surface area contributed by atoms with Crippen LogP contribution in [0.5, 0.6) is 0 Å². The number of hydrogen-bond donors (Lipinski definition) is 1. The van der Waals surface area contributed by atoms with Crippen LogP contribution in [0.2, 0.25) is 5.02 Å². The van der Waals surface area contributed by atoms with Crippen LogP contribution in [0.1, 0.15) is 11.1 Å². The number of nitrogens with zero attached hydrogens (tertiary/aromatic N) is 1. The summed E-state index contributed by atoms with van der Waals surface area (Å²) >= 11 is 7.63. The number of amides is 2. The summed E-state index contributed by atoms with van der Waals surface area (Å²) < 4.78 is 0. The highest BCUT2D eigenvalue weighted by Gasteiger charge is 2.29. The average molecular weight is 453 g/mol. The van der Waals surface area contributed by atoms with Crippen molar-refractivity contribution in [2.75, 3.05) is 12.8 Å². The van der Waals surface area contributed by atoms with Gasteiger partial charge in [0, 0.05) is 29.9 Å². The molecule has 0 saturated heterocycles. The Bertz CT molecular complexity index is 999. The topological polar surface area (TPSA) is 49.4 Å². The van der Waals surface area contributed by atoms with E-state index in [9.17, 15) is 9.59 Å². The van der Waals surface area contributed by atoms with E-state index in [1.807, 2.05) is 78.9 Å². The van der Waals surface area contributed by atoms with E-state index in [1.165, 1.54) is 11.8 Å². The zero-order valence-corrected chi connectivity index (χ0v) is 18.9. The predicted molar refractivity (Wildman–Crippen MR) is 127 cm³/mol. The standard InChI is InChI=1S/C25H25ClN2O2S/c1-27-25(30)23(16-19-9-4-2-5-10-19)28(17-20-11-8-12-21(26)15-20)24(29)18-31-22-13-6-3-7-14-22/h2-15,23H,16-18H2,1H3,(H,27,30)/t23-/m1/s1. The molecule has 0 fully saturated rings. The minimum Gasteiger partial charge on any atom is -0.357 e. The van der Waals surface area contributed by atoms with Crippen molar-refractivity contribution in [2.45, 2.75) is 23.9 Å². The summed E-state index contributed by atoms with van der Waals surface area (Å²) in [6.45, 7) is 0.305. The second-order valence-corrected chi connectivity index (χ2v) is 8.56. The Kier molecular flexibility index (Phi) is 8.56. The van der Waals surface area contributed by atoms with E-state index >= 15 is 0 Å². The molecule has 2 amide bonds. The quantitative estimate of drug-likeness (QED) is 0.473. The van der Waals surface area contributed by atoms with Crippen LogP contribution in [0.4, 0.5) is 0 Å². The van der Waals surface area contributed by atoms with E-state index in [-0.39, 0.29) is 17.6 Å². The Morgan fingerprint density at radius 3 is 2.23 bits per heavy atom. The molecule has 0 aliphatic rings. The fourth-order valence-corrected chi connectivity index (χ4v) is 4.32. The van der Waals surface area contributed by atoms with Crippen molar-refractivity contribution in [3.05, 3.63) is 101 Å². The molecule has 6 heteroatoms. The first-order valence-corrected chi connectivity index (χ1v) is 11.4. The lowest BCUT2D eigenvalue weighted by Gasteiger charge is -2.31. The van der Waals surface area contributed by atoms with Gasteiger partial charge in [-0.2, -0.15) is 0 Å². The van der Waals surface area contributed by atoms with Crippen molar-refractivity contribution in [3.63, 3.8) is 0 Å². The number of rotatable bonds is 9. The van der Waals surface area contributed by atoms with Gasteiger partial charge in [-0.25, -0.2) is 0 Å². The molecule has 3 aromatic carbocycles. The van der Waals surface area contributed by atoms with Crippen LogP contribution in [0, 0.1) is 0 Å². The summed E-state index contributed by atoms with van der Waals surface area (Å²) in [7, 11) is 1.60. The van der Waals surface area contributed by atoms with Gasteiger partial charge >= 0.3 is 0 Å². The lowest BCUT2D eigenvalue weighted by Crippen LogP contribution is -2.50. The highest BCUT2D eigenvalue weighted by Crippen LogP contribution is 2.21. The minimum atomic E-state index is -0.629. The van der Waals surface area contributed by atoms with Gasteiger partial charge in [0.15, 0.2) is 0 Å². The zero-order valence-electron chi connectivity index (χ0n) is 17.3. The number of nitrogens with one attached hydrogen (secondary N) is 1. The molecule has 0 bridgehead atoms.